The van der Waals surface area contributed by atoms with Gasteiger partial charge < -0.3 is 4.74 Å². The van der Waals surface area contributed by atoms with Gasteiger partial charge in [0.15, 0.2) is 11.6 Å². The van der Waals surface area contributed by atoms with Crippen LogP contribution in [0.4, 0.5) is 22.0 Å². The molecule has 0 aliphatic heterocycles. The van der Waals surface area contributed by atoms with Crippen molar-refractivity contribution in [2.75, 3.05) is 13.7 Å². The molecular formula is C29H17F5O. The van der Waals surface area contributed by atoms with Crippen LogP contribution in [0.25, 0.3) is 10.8 Å². The lowest BCUT2D eigenvalue weighted by Gasteiger charge is -2.02. The number of rotatable bonds is 3. The molecule has 0 aromatic heterocycles. The number of hydrogen-bond acceptors (Lipinski definition) is 1. The average molecular weight is 476 g/mol. The zero-order valence-electron chi connectivity index (χ0n) is 18.5. The van der Waals surface area contributed by atoms with Gasteiger partial charge in [0.25, 0.3) is 0 Å². The quantitative estimate of drug-likeness (QED) is 0.242. The number of benzene rings is 4. The number of hydrogen-bond donors (Lipinski definition) is 0. The first kappa shape index (κ1) is 24.0. The van der Waals surface area contributed by atoms with E-state index in [9.17, 15) is 22.0 Å². The largest absolute Gasteiger partial charge is 0.384 e. The summed E-state index contributed by atoms with van der Waals surface area (Å²) in [6, 6.07) is 13.3. The Balaban J connectivity index is 1.58. The van der Waals surface area contributed by atoms with Gasteiger partial charge in [-0.1, -0.05) is 41.9 Å². The van der Waals surface area contributed by atoms with E-state index in [0.717, 1.165) is 23.8 Å². The Kier molecular flexibility index (Phi) is 7.15. The minimum Gasteiger partial charge on any atom is -0.384 e. The monoisotopic (exact) mass is 476 g/mol. The maximum absolute atomic E-state index is 14.6. The van der Waals surface area contributed by atoms with Crippen LogP contribution in [0.5, 0.6) is 0 Å². The highest BCUT2D eigenvalue weighted by Gasteiger charge is 2.10. The number of ether oxygens (including phenoxy) is 1. The molecule has 0 spiro atoms. The molecule has 0 amide bonds. The molecule has 0 aliphatic carbocycles. The fourth-order valence-corrected chi connectivity index (χ4v) is 3.42. The predicted molar refractivity (Wildman–Crippen MR) is 124 cm³/mol. The lowest BCUT2D eigenvalue weighted by Crippen LogP contribution is -1.96. The Hall–Kier alpha value is -4.13. The van der Waals surface area contributed by atoms with Crippen molar-refractivity contribution in [3.05, 3.63) is 118 Å². The van der Waals surface area contributed by atoms with E-state index >= 15 is 0 Å². The molecule has 0 unspecified atom stereocenters. The zero-order valence-corrected chi connectivity index (χ0v) is 18.5. The Morgan fingerprint density at radius 1 is 0.657 bits per heavy atom. The van der Waals surface area contributed by atoms with Crippen molar-refractivity contribution in [1.82, 2.24) is 0 Å². The van der Waals surface area contributed by atoms with E-state index < -0.39 is 34.6 Å². The van der Waals surface area contributed by atoms with Gasteiger partial charge in [-0.2, -0.15) is 0 Å². The van der Waals surface area contributed by atoms with E-state index in [-0.39, 0.29) is 16.5 Å². The number of fused-ring (bicyclic) bond motifs is 1. The van der Waals surface area contributed by atoms with Crippen LogP contribution in [-0.2, 0) is 11.2 Å². The lowest BCUT2D eigenvalue weighted by molar-refractivity contribution is 0.202. The summed E-state index contributed by atoms with van der Waals surface area (Å²) in [5, 5.41) is 0.484. The summed E-state index contributed by atoms with van der Waals surface area (Å²) in [7, 11) is 1.56. The smallest absolute Gasteiger partial charge is 0.166 e. The molecule has 174 valence electrons. The SMILES string of the molecule is COCCc1ccc(C#Cc2cc(F)c(C#Cc3ccc4c(F)c(F)ccc4c3)c(F)c2)c(F)c1. The molecule has 35 heavy (non-hydrogen) atoms. The molecular weight excluding hydrogens is 459 g/mol. The van der Waals surface area contributed by atoms with Crippen molar-refractivity contribution in [1.29, 1.82) is 0 Å². The molecule has 0 atom stereocenters. The van der Waals surface area contributed by atoms with Gasteiger partial charge in [0, 0.05) is 23.6 Å². The van der Waals surface area contributed by atoms with Crippen molar-refractivity contribution >= 4 is 10.8 Å². The highest BCUT2D eigenvalue weighted by atomic mass is 19.2. The van der Waals surface area contributed by atoms with Crippen LogP contribution in [-0.4, -0.2) is 13.7 Å². The summed E-state index contributed by atoms with van der Waals surface area (Å²) in [5.41, 5.74) is 0.781. The van der Waals surface area contributed by atoms with Crippen LogP contribution >= 0.6 is 0 Å². The highest BCUT2D eigenvalue weighted by Crippen LogP contribution is 2.22. The van der Waals surface area contributed by atoms with Crippen molar-refractivity contribution in [3.8, 4) is 23.7 Å². The van der Waals surface area contributed by atoms with Crippen molar-refractivity contribution in [2.45, 2.75) is 6.42 Å². The molecule has 0 radical (unpaired) electrons. The molecule has 0 aliphatic rings. The van der Waals surface area contributed by atoms with E-state index in [2.05, 4.69) is 23.7 Å². The standard InChI is InChI=1S/C29H17F5O/c1-35-13-12-19-2-6-21(26(31)15-19)7-3-20-16-27(32)24(28(33)17-20)10-5-18-4-9-23-22(14-18)8-11-25(30)29(23)34/h2,4,6,8-9,11,14-17H,12-13H2,1H3. The van der Waals surface area contributed by atoms with Gasteiger partial charge >= 0.3 is 0 Å². The third kappa shape index (κ3) is 5.51. The van der Waals surface area contributed by atoms with Crippen LogP contribution < -0.4 is 0 Å². The summed E-state index contributed by atoms with van der Waals surface area (Å²) < 4.78 is 75.5. The first-order chi connectivity index (χ1) is 16.9. The summed E-state index contributed by atoms with van der Waals surface area (Å²) in [6.07, 6.45) is 0.550. The summed E-state index contributed by atoms with van der Waals surface area (Å²) in [4.78, 5) is 0. The first-order valence-electron chi connectivity index (χ1n) is 10.5. The fourth-order valence-electron chi connectivity index (χ4n) is 3.42. The molecule has 6 heteroatoms. The second-order valence-corrected chi connectivity index (χ2v) is 7.67. The van der Waals surface area contributed by atoms with Gasteiger partial charge in [0.1, 0.15) is 17.5 Å². The Morgan fingerprint density at radius 2 is 1.40 bits per heavy atom. The molecule has 0 saturated carbocycles. The third-order valence-electron chi connectivity index (χ3n) is 5.25. The van der Waals surface area contributed by atoms with Gasteiger partial charge in [0.05, 0.1) is 17.7 Å². The molecule has 4 aromatic carbocycles. The van der Waals surface area contributed by atoms with E-state index in [1.54, 1.807) is 13.2 Å². The topological polar surface area (TPSA) is 9.23 Å². The summed E-state index contributed by atoms with van der Waals surface area (Å²) >= 11 is 0. The Labute approximate surface area is 199 Å². The van der Waals surface area contributed by atoms with Gasteiger partial charge in [-0.05, 0) is 59.8 Å². The third-order valence-corrected chi connectivity index (χ3v) is 5.25. The number of halogens is 5. The Bertz CT molecular complexity index is 1530. The van der Waals surface area contributed by atoms with E-state index in [1.807, 2.05) is 0 Å². The number of methoxy groups -OCH3 is 1. The van der Waals surface area contributed by atoms with Gasteiger partial charge in [-0.3, -0.25) is 0 Å². The lowest BCUT2D eigenvalue weighted by atomic mass is 10.1. The minimum atomic E-state index is -0.974. The van der Waals surface area contributed by atoms with E-state index in [1.165, 1.54) is 36.4 Å². The minimum absolute atomic E-state index is 0.0246. The van der Waals surface area contributed by atoms with Crippen LogP contribution in [0.1, 0.15) is 27.8 Å². The van der Waals surface area contributed by atoms with Crippen molar-refractivity contribution in [2.24, 2.45) is 0 Å². The first-order valence-corrected chi connectivity index (χ1v) is 10.5. The molecule has 0 heterocycles. The normalized spacial score (nSPS) is 10.5. The van der Waals surface area contributed by atoms with Crippen LogP contribution in [0.2, 0.25) is 0 Å². The second kappa shape index (κ2) is 10.4. The molecule has 1 nitrogen and oxygen atoms in total. The molecule has 0 bridgehead atoms. The molecule has 4 rings (SSSR count). The highest BCUT2D eigenvalue weighted by molar-refractivity contribution is 5.84. The zero-order chi connectivity index (χ0) is 24.9. The summed E-state index contributed by atoms with van der Waals surface area (Å²) in [6.45, 7) is 0.456. The van der Waals surface area contributed by atoms with Gasteiger partial charge in [0.2, 0.25) is 0 Å². The molecule has 4 aromatic rings. The van der Waals surface area contributed by atoms with E-state index in [0.29, 0.717) is 24.0 Å². The van der Waals surface area contributed by atoms with Crippen molar-refractivity contribution in [3.63, 3.8) is 0 Å². The molecule has 0 N–H and O–H groups in total. The van der Waals surface area contributed by atoms with Crippen molar-refractivity contribution < 1.29 is 26.7 Å². The second-order valence-electron chi connectivity index (χ2n) is 7.67. The predicted octanol–water partition coefficient (Wildman–Crippen LogP) is 6.52. The summed E-state index contributed by atoms with van der Waals surface area (Å²) in [5.74, 6) is 5.90. The average Bonchev–Trinajstić information content (AvgIpc) is 2.84. The van der Waals surface area contributed by atoms with Crippen LogP contribution in [0.15, 0.2) is 60.7 Å². The fraction of sp³-hybridized carbons (Fsp3) is 0.103. The molecule has 0 saturated heterocycles. The van der Waals surface area contributed by atoms with Gasteiger partial charge in [-0.15, -0.1) is 0 Å². The van der Waals surface area contributed by atoms with E-state index in [4.69, 9.17) is 4.74 Å². The van der Waals surface area contributed by atoms with Crippen LogP contribution in [0.3, 0.4) is 0 Å². The maximum atomic E-state index is 14.6. The Morgan fingerprint density at radius 3 is 2.11 bits per heavy atom. The van der Waals surface area contributed by atoms with Gasteiger partial charge in [-0.25, -0.2) is 22.0 Å². The maximum Gasteiger partial charge on any atom is 0.166 e. The molecule has 0 fully saturated rings. The van der Waals surface area contributed by atoms with Crippen LogP contribution in [0, 0.1) is 52.8 Å².